The minimum Gasteiger partial charge on any atom is -0.480 e. The summed E-state index contributed by atoms with van der Waals surface area (Å²) in [4.78, 5) is 35.4. The van der Waals surface area contributed by atoms with E-state index in [1.165, 1.54) is 24.3 Å². The first-order valence-electron chi connectivity index (χ1n) is 7.36. The number of rotatable bonds is 5. The Kier molecular flexibility index (Phi) is 5.36. The molecule has 2 aromatic rings. The molecule has 0 saturated carbocycles. The molecule has 3 rings (SSSR count). The maximum atomic E-state index is 12.3. The molecule has 1 aromatic heterocycles. The van der Waals surface area contributed by atoms with Gasteiger partial charge in [-0.25, -0.2) is 4.79 Å². The van der Waals surface area contributed by atoms with Gasteiger partial charge in [-0.15, -0.1) is 0 Å². The third kappa shape index (κ3) is 4.05. The minimum absolute atomic E-state index is 0.0573. The van der Waals surface area contributed by atoms with Gasteiger partial charge in [0.2, 0.25) is 0 Å². The van der Waals surface area contributed by atoms with Gasteiger partial charge in [0, 0.05) is 11.6 Å². The summed E-state index contributed by atoms with van der Waals surface area (Å²) in [5.41, 5.74) is 0.455. The van der Waals surface area contributed by atoms with Crippen molar-refractivity contribution in [1.29, 1.82) is 0 Å². The average Bonchev–Trinajstić information content (AvgIpc) is 3.15. The molecular formula is C17H10ClNO6S2. The predicted octanol–water partition coefficient (Wildman–Crippen LogP) is 3.58. The molecular weight excluding hydrogens is 414 g/mol. The highest BCUT2D eigenvalue weighted by Crippen LogP contribution is 2.35. The van der Waals surface area contributed by atoms with Crippen molar-refractivity contribution in [3.63, 3.8) is 0 Å². The van der Waals surface area contributed by atoms with E-state index in [1.807, 2.05) is 0 Å². The Morgan fingerprint density at radius 3 is 2.67 bits per heavy atom. The van der Waals surface area contributed by atoms with Crippen molar-refractivity contribution in [1.82, 2.24) is 4.90 Å². The number of hydrogen-bond donors (Lipinski definition) is 2. The van der Waals surface area contributed by atoms with Gasteiger partial charge < -0.3 is 14.6 Å². The van der Waals surface area contributed by atoms with E-state index in [0.29, 0.717) is 22.1 Å². The molecule has 27 heavy (non-hydrogen) atoms. The molecule has 0 atom stereocenters. The molecule has 1 aliphatic rings. The number of aliphatic carboxylic acids is 1. The SMILES string of the molecule is O=C(O)CN1C(=O)/C(=C\c2ccc(-c3cc(C(=O)O)ccc3Cl)o2)SC1=S. The monoisotopic (exact) mass is 423 g/mol. The van der Waals surface area contributed by atoms with Crippen LogP contribution in [0.4, 0.5) is 0 Å². The molecule has 10 heteroatoms. The fourth-order valence-electron chi connectivity index (χ4n) is 2.32. The zero-order valence-corrected chi connectivity index (χ0v) is 15.7. The fraction of sp³-hybridized carbons (Fsp3) is 0.0588. The summed E-state index contributed by atoms with van der Waals surface area (Å²) in [5.74, 6) is -2.13. The summed E-state index contributed by atoms with van der Waals surface area (Å²) in [7, 11) is 0. The van der Waals surface area contributed by atoms with Gasteiger partial charge in [-0.05, 0) is 30.3 Å². The number of nitrogens with zero attached hydrogens (tertiary/aromatic N) is 1. The summed E-state index contributed by atoms with van der Waals surface area (Å²) in [6.45, 7) is -0.511. The Morgan fingerprint density at radius 1 is 1.26 bits per heavy atom. The molecule has 7 nitrogen and oxygen atoms in total. The van der Waals surface area contributed by atoms with Crippen molar-refractivity contribution in [2.24, 2.45) is 0 Å². The number of thiocarbonyl (C=S) groups is 1. The van der Waals surface area contributed by atoms with E-state index in [-0.39, 0.29) is 14.8 Å². The number of carbonyl (C=O) groups excluding carboxylic acids is 1. The van der Waals surface area contributed by atoms with Crippen LogP contribution in [-0.2, 0) is 9.59 Å². The van der Waals surface area contributed by atoms with E-state index in [9.17, 15) is 14.4 Å². The lowest BCUT2D eigenvalue weighted by molar-refractivity contribution is -0.140. The van der Waals surface area contributed by atoms with Crippen LogP contribution < -0.4 is 0 Å². The van der Waals surface area contributed by atoms with Crippen molar-refractivity contribution < 1.29 is 29.0 Å². The molecule has 1 aliphatic heterocycles. The molecule has 138 valence electrons. The lowest BCUT2D eigenvalue weighted by Crippen LogP contribution is -2.33. The molecule has 2 heterocycles. The number of benzene rings is 1. The van der Waals surface area contributed by atoms with Crippen LogP contribution in [0, 0.1) is 0 Å². The van der Waals surface area contributed by atoms with Gasteiger partial charge in [0.15, 0.2) is 0 Å². The van der Waals surface area contributed by atoms with Crippen LogP contribution in [0.15, 0.2) is 39.7 Å². The van der Waals surface area contributed by atoms with E-state index in [2.05, 4.69) is 0 Å². The number of thioether (sulfide) groups is 1. The van der Waals surface area contributed by atoms with Crippen LogP contribution in [0.5, 0.6) is 0 Å². The summed E-state index contributed by atoms with van der Waals surface area (Å²) in [6.07, 6.45) is 1.44. The molecule has 1 saturated heterocycles. The van der Waals surface area contributed by atoms with Crippen molar-refractivity contribution in [3.05, 3.63) is 51.6 Å². The number of carboxylic acids is 2. The maximum Gasteiger partial charge on any atom is 0.335 e. The standard InChI is InChI=1S/C17H10ClNO6S2/c18-11-3-1-8(16(23)24)5-10(11)12-4-2-9(25-12)6-13-15(22)19(7-14(20)21)17(26)27-13/h1-6H,7H2,(H,20,21)(H,23,24)/b13-6+. The highest BCUT2D eigenvalue weighted by molar-refractivity contribution is 8.26. The Bertz CT molecular complexity index is 1010. The van der Waals surface area contributed by atoms with Gasteiger partial charge in [0.25, 0.3) is 5.91 Å². The van der Waals surface area contributed by atoms with E-state index < -0.39 is 24.4 Å². The molecule has 1 amide bonds. The number of carbonyl (C=O) groups is 3. The second-order valence-electron chi connectivity index (χ2n) is 5.36. The Hall–Kier alpha value is -2.62. The summed E-state index contributed by atoms with van der Waals surface area (Å²) in [5, 5.41) is 18.3. The number of halogens is 1. The average molecular weight is 424 g/mol. The van der Waals surface area contributed by atoms with Crippen LogP contribution in [-0.4, -0.2) is 43.8 Å². The minimum atomic E-state index is -1.17. The normalized spacial score (nSPS) is 15.6. The van der Waals surface area contributed by atoms with E-state index in [0.717, 1.165) is 16.7 Å². The topological polar surface area (TPSA) is 108 Å². The van der Waals surface area contributed by atoms with Crippen molar-refractivity contribution in [2.75, 3.05) is 6.54 Å². The van der Waals surface area contributed by atoms with Crippen LogP contribution in [0.2, 0.25) is 5.02 Å². The Labute approximate surface area is 167 Å². The summed E-state index contributed by atoms with van der Waals surface area (Å²) in [6, 6.07) is 7.41. The number of aromatic carboxylic acids is 1. The predicted molar refractivity (Wildman–Crippen MR) is 104 cm³/mol. The molecule has 0 aliphatic carbocycles. The second kappa shape index (κ2) is 7.55. The Morgan fingerprint density at radius 2 is 2.00 bits per heavy atom. The quantitative estimate of drug-likeness (QED) is 0.555. The van der Waals surface area contributed by atoms with Gasteiger partial charge in [0.05, 0.1) is 15.5 Å². The molecule has 2 N–H and O–H groups in total. The molecule has 1 aromatic carbocycles. The molecule has 0 radical (unpaired) electrons. The van der Waals surface area contributed by atoms with E-state index >= 15 is 0 Å². The zero-order chi connectivity index (χ0) is 19.7. The van der Waals surface area contributed by atoms with Gasteiger partial charge in [-0.1, -0.05) is 35.6 Å². The third-order valence-electron chi connectivity index (χ3n) is 3.55. The Balaban J connectivity index is 1.89. The van der Waals surface area contributed by atoms with Gasteiger partial charge in [-0.3, -0.25) is 14.5 Å². The van der Waals surface area contributed by atoms with Crippen LogP contribution in [0.1, 0.15) is 16.1 Å². The van der Waals surface area contributed by atoms with Gasteiger partial charge in [0.1, 0.15) is 22.4 Å². The van der Waals surface area contributed by atoms with Gasteiger partial charge in [-0.2, -0.15) is 0 Å². The van der Waals surface area contributed by atoms with Gasteiger partial charge >= 0.3 is 11.9 Å². The maximum absolute atomic E-state index is 12.3. The zero-order valence-electron chi connectivity index (χ0n) is 13.3. The van der Waals surface area contributed by atoms with Crippen LogP contribution in [0.25, 0.3) is 17.4 Å². The van der Waals surface area contributed by atoms with Crippen molar-refractivity contribution in [2.45, 2.75) is 0 Å². The largest absolute Gasteiger partial charge is 0.480 e. The second-order valence-corrected chi connectivity index (χ2v) is 7.45. The fourth-order valence-corrected chi connectivity index (χ4v) is 3.77. The number of furan rings is 1. The first-order chi connectivity index (χ1) is 12.8. The van der Waals surface area contributed by atoms with Crippen molar-refractivity contribution >= 4 is 63.8 Å². The smallest absolute Gasteiger partial charge is 0.335 e. The molecule has 0 unspecified atom stereocenters. The van der Waals surface area contributed by atoms with Crippen LogP contribution in [0.3, 0.4) is 0 Å². The number of hydrogen-bond acceptors (Lipinski definition) is 6. The molecule has 1 fully saturated rings. The lowest BCUT2D eigenvalue weighted by atomic mass is 10.1. The highest BCUT2D eigenvalue weighted by atomic mass is 35.5. The first kappa shape index (κ1) is 19.2. The first-order valence-corrected chi connectivity index (χ1v) is 8.96. The van der Waals surface area contributed by atoms with E-state index in [1.54, 1.807) is 12.1 Å². The lowest BCUT2D eigenvalue weighted by Gasteiger charge is -2.09. The third-order valence-corrected chi connectivity index (χ3v) is 5.25. The van der Waals surface area contributed by atoms with Crippen LogP contribution >= 0.6 is 35.6 Å². The number of carboxylic acid groups (broad SMARTS) is 2. The molecule has 0 spiro atoms. The molecule has 0 bridgehead atoms. The van der Waals surface area contributed by atoms with Crippen molar-refractivity contribution in [3.8, 4) is 11.3 Å². The summed E-state index contributed by atoms with van der Waals surface area (Å²) >= 11 is 12.1. The summed E-state index contributed by atoms with van der Waals surface area (Å²) < 4.78 is 5.80. The highest BCUT2D eigenvalue weighted by Gasteiger charge is 2.33. The van der Waals surface area contributed by atoms with E-state index in [4.69, 9.17) is 38.4 Å². The number of amides is 1.